The number of alkyl halides is 2. The zero-order valence-electron chi connectivity index (χ0n) is 53.9. The van der Waals surface area contributed by atoms with Crippen molar-refractivity contribution in [3.8, 4) is 11.5 Å². The van der Waals surface area contributed by atoms with Gasteiger partial charge in [0.1, 0.15) is 60.2 Å². The van der Waals surface area contributed by atoms with Crippen molar-refractivity contribution in [1.82, 2.24) is 25.8 Å². The second kappa shape index (κ2) is 31.1. The van der Waals surface area contributed by atoms with Crippen LogP contribution in [0.25, 0.3) is 21.5 Å². The van der Waals surface area contributed by atoms with E-state index in [1.165, 1.54) is 23.9 Å². The van der Waals surface area contributed by atoms with Crippen LogP contribution in [0.3, 0.4) is 0 Å². The number of thiophene rings is 1. The Bertz CT molecular complexity index is 3870. The molecular weight excluding hydrogens is 1310 g/mol. The summed E-state index contributed by atoms with van der Waals surface area (Å²) in [7, 11) is 3.01. The van der Waals surface area contributed by atoms with E-state index in [0.29, 0.717) is 44.2 Å². The Balaban J connectivity index is 0.821. The number of alkyl carbamates (subject to hydrolysis) is 1. The summed E-state index contributed by atoms with van der Waals surface area (Å²) in [4.78, 5) is 114. The van der Waals surface area contributed by atoms with E-state index in [0.717, 1.165) is 22.5 Å². The maximum atomic E-state index is 14.8. The number of hydrogen-bond donors (Lipinski definition) is 9. The highest BCUT2D eigenvalue weighted by atomic mass is 35.5. The van der Waals surface area contributed by atoms with Gasteiger partial charge in [0.15, 0.2) is 0 Å². The Kier molecular flexibility index (Phi) is 23.3. The number of fused-ring (bicyclic) bond motifs is 6. The number of primary amides is 1. The molecule has 29 heteroatoms. The van der Waals surface area contributed by atoms with Crippen LogP contribution < -0.4 is 46.3 Å². The highest BCUT2D eigenvalue weighted by molar-refractivity contribution is 7.16. The van der Waals surface area contributed by atoms with E-state index in [9.17, 15) is 58.8 Å². The normalized spacial score (nSPS) is 19.6. The van der Waals surface area contributed by atoms with Gasteiger partial charge in [0.25, 0.3) is 11.8 Å². The van der Waals surface area contributed by atoms with Gasteiger partial charge >= 0.3 is 24.3 Å². The Labute approximate surface area is 567 Å². The third-order valence-electron chi connectivity index (χ3n) is 16.6. The highest BCUT2D eigenvalue weighted by Crippen LogP contribution is 2.49. The van der Waals surface area contributed by atoms with Crippen LogP contribution in [0.15, 0.2) is 97.1 Å². The molecule has 4 heterocycles. The van der Waals surface area contributed by atoms with Gasteiger partial charge in [-0.3, -0.25) is 19.2 Å². The molecule has 0 saturated carbocycles. The molecule has 0 radical (unpaired) electrons. The van der Waals surface area contributed by atoms with Crippen LogP contribution in [0, 0.1) is 5.92 Å². The lowest BCUT2D eigenvalue weighted by molar-refractivity contribution is -0.277. The van der Waals surface area contributed by atoms with Crippen molar-refractivity contribution in [2.45, 2.75) is 114 Å². The minimum absolute atomic E-state index is 0.0186. The number of ether oxygens (including phenoxy) is 5. The molecule has 0 bridgehead atoms. The molecule has 5 aromatic carbocycles. The van der Waals surface area contributed by atoms with Gasteiger partial charge in [0.2, 0.25) is 18.1 Å². The average Bonchev–Trinajstić information content (AvgIpc) is 1.65. The number of rotatable bonds is 23. The number of aliphatic hydroxyl groups excluding tert-OH is 4. The van der Waals surface area contributed by atoms with E-state index in [-0.39, 0.29) is 103 Å². The number of halogens is 2. The molecule has 0 aliphatic carbocycles. The molecule has 9 rings (SSSR count). The molecule has 1 aromatic heterocycles. The number of anilines is 3. The summed E-state index contributed by atoms with van der Waals surface area (Å²) >= 11 is 14.2. The monoisotopic (exact) mass is 1380 g/mol. The van der Waals surface area contributed by atoms with Gasteiger partial charge in [0.05, 0.1) is 27.7 Å². The van der Waals surface area contributed by atoms with Gasteiger partial charge in [-0.25, -0.2) is 19.2 Å². The topological polar surface area (TPSA) is 351 Å². The fourth-order valence-electron chi connectivity index (χ4n) is 11.6. The Hall–Kier alpha value is -8.54. The highest BCUT2D eigenvalue weighted by Gasteiger charge is 2.46. The summed E-state index contributed by atoms with van der Waals surface area (Å²) in [6.45, 7) is 8.25. The maximum absolute atomic E-state index is 14.8. The number of carbonyl (C=O) groups excluding carboxylic acids is 8. The number of hydrogen-bond acceptors (Lipinski definition) is 18. The van der Waals surface area contributed by atoms with Crippen molar-refractivity contribution in [1.29, 1.82) is 0 Å². The van der Waals surface area contributed by atoms with Crippen molar-refractivity contribution in [3.05, 3.63) is 124 Å². The summed E-state index contributed by atoms with van der Waals surface area (Å²) in [5, 5.41) is 54.8. The molecule has 9 amide bonds. The molecule has 1 unspecified atom stereocenters. The van der Waals surface area contributed by atoms with Crippen LogP contribution in [-0.2, 0) is 30.4 Å². The van der Waals surface area contributed by atoms with Crippen LogP contribution in [0.5, 0.6) is 11.5 Å². The van der Waals surface area contributed by atoms with Crippen LogP contribution in [0.1, 0.15) is 95.3 Å². The molecule has 10 N–H and O–H groups in total. The van der Waals surface area contributed by atoms with Crippen molar-refractivity contribution >= 4 is 121 Å². The molecule has 6 aromatic rings. The number of nitrogens with one attached hydrogen (secondary N) is 4. The number of nitrogens with zero attached hydrogens (tertiary/aromatic N) is 4. The average molecular weight is 1390 g/mol. The first kappa shape index (κ1) is 71.7. The van der Waals surface area contributed by atoms with Gasteiger partial charge in [0, 0.05) is 99.0 Å². The molecule has 3 aliphatic rings. The minimum atomic E-state index is -1.70. The van der Waals surface area contributed by atoms with Crippen molar-refractivity contribution < 1.29 is 82.5 Å². The van der Waals surface area contributed by atoms with Crippen LogP contribution in [0.2, 0.25) is 0 Å². The van der Waals surface area contributed by atoms with Gasteiger partial charge in [-0.15, -0.1) is 34.5 Å². The molecule has 3 aliphatic heterocycles. The van der Waals surface area contributed by atoms with E-state index in [1.807, 2.05) is 24.3 Å². The van der Waals surface area contributed by atoms with E-state index < -0.39 is 103 Å². The molecule has 0 spiro atoms. The molecule has 9 atom stereocenters. The Morgan fingerprint density at radius 3 is 1.79 bits per heavy atom. The molecule has 1 fully saturated rings. The number of likely N-dealkylation sites (N-methyl/N-ethyl adjacent to an activating group) is 2. The lowest BCUT2D eigenvalue weighted by Crippen LogP contribution is -2.60. The molecule has 514 valence electrons. The zero-order chi connectivity index (χ0) is 69.4. The third kappa shape index (κ3) is 16.5. The summed E-state index contributed by atoms with van der Waals surface area (Å²) in [5.41, 5.74) is 7.78. The predicted octanol–water partition coefficient (Wildman–Crippen LogP) is 7.32. The van der Waals surface area contributed by atoms with Gasteiger partial charge in [-0.05, 0) is 91.3 Å². The second-order valence-electron chi connectivity index (χ2n) is 25.0. The SMILES string of the molecule is CC(C)[C@H](NC(=O)OC(C)(C)C)C(=O)N[C@@H](CCCNC(N)=O)C(=O)Nc1ccc(COC(=O)N(C)CCN(C)C(=O)Oc2cc3c(c4ccccc24)[C@H](CCl)CN3C(=O)c2ccc(C(=O)N3C[C@@H](CCl)c4c3cc(OC3O[C@H](CO)[C@H](O)[C@H](O)[C@H]3O)c3ccccc43)s2)cc1. The quantitative estimate of drug-likeness (QED) is 0.0224. The molecule has 96 heavy (non-hydrogen) atoms. The molecule has 1 saturated heterocycles. The van der Waals surface area contributed by atoms with E-state index in [1.54, 1.807) is 117 Å². The summed E-state index contributed by atoms with van der Waals surface area (Å²) in [6.07, 6.45) is -9.62. The van der Waals surface area contributed by atoms with Gasteiger partial charge in [-0.1, -0.05) is 74.5 Å². The fraction of sp³-hybridized carbons (Fsp3) is 0.433. The second-order valence-corrected chi connectivity index (χ2v) is 26.7. The van der Waals surface area contributed by atoms with Crippen molar-refractivity contribution in [3.63, 3.8) is 0 Å². The van der Waals surface area contributed by atoms with Crippen LogP contribution in [-0.4, -0.2) is 192 Å². The minimum Gasteiger partial charge on any atom is -0.461 e. The van der Waals surface area contributed by atoms with Gasteiger partial charge < -0.3 is 90.7 Å². The smallest absolute Gasteiger partial charge is 0.415 e. The summed E-state index contributed by atoms with van der Waals surface area (Å²) in [6, 6.07) is 24.5. The Morgan fingerprint density at radius 1 is 0.719 bits per heavy atom. The van der Waals surface area contributed by atoms with E-state index >= 15 is 0 Å². The van der Waals surface area contributed by atoms with Crippen LogP contribution in [0.4, 0.5) is 36.2 Å². The predicted molar refractivity (Wildman–Crippen MR) is 360 cm³/mol. The van der Waals surface area contributed by atoms with Gasteiger partial charge in [-0.2, -0.15) is 0 Å². The summed E-state index contributed by atoms with van der Waals surface area (Å²) < 4.78 is 28.9. The Morgan fingerprint density at radius 2 is 1.26 bits per heavy atom. The number of carbonyl (C=O) groups is 8. The maximum Gasteiger partial charge on any atom is 0.415 e. The number of urea groups is 1. The first-order chi connectivity index (χ1) is 45.7. The molecule has 26 nitrogen and oxygen atoms in total. The van der Waals surface area contributed by atoms with E-state index in [2.05, 4.69) is 21.3 Å². The lowest BCUT2D eigenvalue weighted by Gasteiger charge is -2.39. The lowest BCUT2D eigenvalue weighted by atomic mass is 9.95. The number of nitrogens with two attached hydrogens (primary N) is 1. The van der Waals surface area contributed by atoms with Crippen molar-refractivity contribution in [2.24, 2.45) is 11.7 Å². The largest absolute Gasteiger partial charge is 0.461 e. The zero-order valence-corrected chi connectivity index (χ0v) is 56.2. The fourth-order valence-corrected chi connectivity index (χ4v) is 13.0. The molecular formula is C67H79Cl2N9O17S. The first-order valence-corrected chi connectivity index (χ1v) is 33.1. The van der Waals surface area contributed by atoms with Crippen LogP contribution >= 0.6 is 34.5 Å². The number of aliphatic hydroxyl groups is 4. The van der Waals surface area contributed by atoms with Crippen molar-refractivity contribution in [2.75, 3.05) is 80.3 Å². The summed E-state index contributed by atoms with van der Waals surface area (Å²) in [5.74, 6) is -2.44. The first-order valence-electron chi connectivity index (χ1n) is 31.2. The third-order valence-corrected chi connectivity index (χ3v) is 18.4. The van der Waals surface area contributed by atoms with E-state index in [4.69, 9.17) is 52.6 Å². The number of amides is 9. The standard InChI is InChI=1S/C67H79Cl2N9O17S/c1-35(2)54(74-64(88)95-67(3,4)5)59(84)73-44(17-12-24-71-63(70)87)58(83)72-39-20-18-36(19-21-39)34-91-65(89)75(6)25-26-76(7)66(90)94-48-28-46-53(43-16-11-9-14-41(43)48)38(30-69)32-78(46)61(86)51-23-22-50(96-51)60(85)77-31-37(29-68)52-42-15-10-8-13-40(42)47(27-45(52)77)92-62-57(82)56(81)55(80)49(33-79)93-62/h8-11,13-16,18-23,27-28,35,37-38,44,49,54-57,62,79-82H,12,17,24-26,29-34H2,1-7H3,(H,72,83)(H,73,84)(H,74,88)(H3,70,71,87)/t37-,38-,44+,49-,54+,55+,56+,57-,62?/m1/s1. The number of benzene rings is 5.